The minimum Gasteiger partial charge on any atom is -0.357 e. The number of rotatable bonds is 7. The molecule has 0 bridgehead atoms. The summed E-state index contributed by atoms with van der Waals surface area (Å²) in [6.45, 7) is 3.02. The van der Waals surface area contributed by atoms with Gasteiger partial charge < -0.3 is 10.6 Å². The fourth-order valence-corrected chi connectivity index (χ4v) is 2.00. The molecule has 0 aliphatic carbocycles. The van der Waals surface area contributed by atoms with Gasteiger partial charge in [0.2, 0.25) is 5.95 Å². The molecule has 2 rings (SSSR count). The highest BCUT2D eigenvalue weighted by Crippen LogP contribution is 2.06. The van der Waals surface area contributed by atoms with Crippen molar-refractivity contribution >= 4 is 5.95 Å². The fourth-order valence-electron chi connectivity index (χ4n) is 2.00. The van der Waals surface area contributed by atoms with Crippen molar-refractivity contribution in [2.45, 2.75) is 32.4 Å². The van der Waals surface area contributed by atoms with Gasteiger partial charge >= 0.3 is 0 Å². The highest BCUT2D eigenvalue weighted by Gasteiger charge is 2.03. The highest BCUT2D eigenvalue weighted by atomic mass is 15.1. The van der Waals surface area contributed by atoms with Gasteiger partial charge in [-0.25, -0.2) is 9.97 Å². The molecule has 1 atom stereocenters. The summed E-state index contributed by atoms with van der Waals surface area (Å²) in [6, 6.07) is 11.1. The number of anilines is 1. The molecule has 4 heteroatoms. The highest BCUT2D eigenvalue weighted by molar-refractivity contribution is 5.23. The first-order valence-electron chi connectivity index (χ1n) is 7.04. The van der Waals surface area contributed by atoms with E-state index in [1.54, 1.807) is 0 Å². The van der Waals surface area contributed by atoms with Gasteiger partial charge in [0.15, 0.2) is 0 Å². The van der Waals surface area contributed by atoms with Crippen molar-refractivity contribution in [1.82, 2.24) is 15.3 Å². The topological polar surface area (TPSA) is 49.8 Å². The smallest absolute Gasteiger partial charge is 0.222 e. The molecule has 0 fully saturated rings. The van der Waals surface area contributed by atoms with Crippen molar-refractivity contribution in [2.75, 3.05) is 12.4 Å². The van der Waals surface area contributed by atoms with Gasteiger partial charge in [0, 0.05) is 37.6 Å². The standard InChI is InChI=1S/C16H22N4/c1-13(8-9-14-6-4-3-5-7-14)18-10-15-11-19-16(17-2)20-12-15/h3-7,11-13,18H,8-10H2,1-2H3,(H,17,19,20)/t13-/m0/s1. The van der Waals surface area contributed by atoms with E-state index in [9.17, 15) is 0 Å². The van der Waals surface area contributed by atoms with Crippen LogP contribution in [0.5, 0.6) is 0 Å². The van der Waals surface area contributed by atoms with Gasteiger partial charge in [0.05, 0.1) is 0 Å². The van der Waals surface area contributed by atoms with E-state index in [-0.39, 0.29) is 0 Å². The van der Waals surface area contributed by atoms with Gasteiger partial charge in [-0.05, 0) is 25.3 Å². The Morgan fingerprint density at radius 1 is 1.05 bits per heavy atom. The molecule has 4 nitrogen and oxygen atoms in total. The number of benzene rings is 1. The number of aromatic nitrogens is 2. The number of hydrogen-bond acceptors (Lipinski definition) is 4. The maximum Gasteiger partial charge on any atom is 0.222 e. The second-order valence-corrected chi connectivity index (χ2v) is 4.97. The number of aryl methyl sites for hydroxylation is 1. The van der Waals surface area contributed by atoms with E-state index in [1.807, 2.05) is 19.4 Å². The average Bonchev–Trinajstić information content (AvgIpc) is 2.52. The Morgan fingerprint density at radius 3 is 2.40 bits per heavy atom. The Morgan fingerprint density at radius 2 is 1.75 bits per heavy atom. The molecule has 20 heavy (non-hydrogen) atoms. The lowest BCUT2D eigenvalue weighted by Gasteiger charge is -2.13. The third-order valence-corrected chi connectivity index (χ3v) is 3.29. The Bertz CT molecular complexity index is 496. The van der Waals surface area contributed by atoms with Crippen LogP contribution in [0.4, 0.5) is 5.95 Å². The molecule has 1 aromatic carbocycles. The first-order chi connectivity index (χ1) is 9.78. The zero-order chi connectivity index (χ0) is 14.2. The number of hydrogen-bond donors (Lipinski definition) is 2. The second kappa shape index (κ2) is 7.60. The van der Waals surface area contributed by atoms with Gasteiger partial charge in [-0.15, -0.1) is 0 Å². The molecule has 106 valence electrons. The Balaban J connectivity index is 1.73. The third-order valence-electron chi connectivity index (χ3n) is 3.29. The summed E-state index contributed by atoms with van der Waals surface area (Å²) in [6.07, 6.45) is 5.94. The van der Waals surface area contributed by atoms with E-state index in [1.165, 1.54) is 5.56 Å². The summed E-state index contributed by atoms with van der Waals surface area (Å²) >= 11 is 0. The summed E-state index contributed by atoms with van der Waals surface area (Å²) in [5.41, 5.74) is 2.50. The van der Waals surface area contributed by atoms with Crippen LogP contribution in [0.25, 0.3) is 0 Å². The predicted octanol–water partition coefficient (Wildman–Crippen LogP) is 2.63. The molecular formula is C16H22N4. The SMILES string of the molecule is CNc1ncc(CN[C@@H](C)CCc2ccccc2)cn1. The lowest BCUT2D eigenvalue weighted by Crippen LogP contribution is -2.26. The van der Waals surface area contributed by atoms with Crippen LogP contribution >= 0.6 is 0 Å². The summed E-state index contributed by atoms with van der Waals surface area (Å²) in [5.74, 6) is 0.658. The number of nitrogens with zero attached hydrogens (tertiary/aromatic N) is 2. The van der Waals surface area contributed by atoms with Crippen LogP contribution in [-0.4, -0.2) is 23.1 Å². The van der Waals surface area contributed by atoms with E-state index in [0.717, 1.165) is 24.9 Å². The molecule has 0 aliphatic rings. The van der Waals surface area contributed by atoms with Crippen LogP contribution in [0.15, 0.2) is 42.7 Å². The fraction of sp³-hybridized carbons (Fsp3) is 0.375. The molecule has 1 heterocycles. The summed E-state index contributed by atoms with van der Waals surface area (Å²) in [4.78, 5) is 8.41. The van der Waals surface area contributed by atoms with Gasteiger partial charge in [0.25, 0.3) is 0 Å². The Kier molecular flexibility index (Phi) is 5.50. The van der Waals surface area contributed by atoms with Gasteiger partial charge in [-0.2, -0.15) is 0 Å². The van der Waals surface area contributed by atoms with Gasteiger partial charge in [-0.3, -0.25) is 0 Å². The minimum absolute atomic E-state index is 0.471. The van der Waals surface area contributed by atoms with Crippen molar-refractivity contribution in [3.8, 4) is 0 Å². The van der Waals surface area contributed by atoms with Crippen LogP contribution in [0.3, 0.4) is 0 Å². The normalized spacial score (nSPS) is 12.1. The van der Waals surface area contributed by atoms with E-state index >= 15 is 0 Å². The molecule has 0 spiro atoms. The predicted molar refractivity (Wildman–Crippen MR) is 82.6 cm³/mol. The van der Waals surface area contributed by atoms with Crippen molar-refractivity contribution in [1.29, 1.82) is 0 Å². The lowest BCUT2D eigenvalue weighted by molar-refractivity contribution is 0.513. The molecule has 2 N–H and O–H groups in total. The lowest BCUT2D eigenvalue weighted by atomic mass is 10.1. The zero-order valence-electron chi connectivity index (χ0n) is 12.1. The van der Waals surface area contributed by atoms with Gasteiger partial charge in [0.1, 0.15) is 0 Å². The van der Waals surface area contributed by atoms with E-state index < -0.39 is 0 Å². The third kappa shape index (κ3) is 4.63. The van der Waals surface area contributed by atoms with E-state index in [2.05, 4.69) is 57.9 Å². The maximum atomic E-state index is 4.21. The van der Waals surface area contributed by atoms with Crippen LogP contribution in [-0.2, 0) is 13.0 Å². The van der Waals surface area contributed by atoms with Crippen molar-refractivity contribution in [3.63, 3.8) is 0 Å². The summed E-state index contributed by atoms with van der Waals surface area (Å²) < 4.78 is 0. The molecule has 2 aromatic rings. The van der Waals surface area contributed by atoms with E-state index in [0.29, 0.717) is 12.0 Å². The van der Waals surface area contributed by atoms with Gasteiger partial charge in [-0.1, -0.05) is 30.3 Å². The van der Waals surface area contributed by atoms with Crippen LogP contribution in [0, 0.1) is 0 Å². The first-order valence-corrected chi connectivity index (χ1v) is 7.04. The summed E-state index contributed by atoms with van der Waals surface area (Å²) in [7, 11) is 1.82. The number of nitrogens with one attached hydrogen (secondary N) is 2. The average molecular weight is 270 g/mol. The molecule has 1 aromatic heterocycles. The molecule has 0 aliphatic heterocycles. The molecule has 0 saturated heterocycles. The molecule has 0 amide bonds. The van der Waals surface area contributed by atoms with Crippen LogP contribution < -0.4 is 10.6 Å². The van der Waals surface area contributed by atoms with Crippen molar-refractivity contribution in [3.05, 3.63) is 53.9 Å². The summed E-state index contributed by atoms with van der Waals surface area (Å²) in [5, 5.41) is 6.42. The second-order valence-electron chi connectivity index (χ2n) is 4.97. The van der Waals surface area contributed by atoms with Crippen LogP contribution in [0.2, 0.25) is 0 Å². The molecular weight excluding hydrogens is 248 g/mol. The Labute approximate surface area is 120 Å². The van der Waals surface area contributed by atoms with Crippen LogP contribution in [0.1, 0.15) is 24.5 Å². The van der Waals surface area contributed by atoms with Crippen molar-refractivity contribution < 1.29 is 0 Å². The first kappa shape index (κ1) is 14.5. The molecule has 0 saturated carbocycles. The Hall–Kier alpha value is -1.94. The largest absolute Gasteiger partial charge is 0.357 e. The molecule has 0 radical (unpaired) electrons. The van der Waals surface area contributed by atoms with Crippen molar-refractivity contribution in [2.24, 2.45) is 0 Å². The maximum absolute atomic E-state index is 4.21. The monoisotopic (exact) mass is 270 g/mol. The molecule has 0 unspecified atom stereocenters. The van der Waals surface area contributed by atoms with E-state index in [4.69, 9.17) is 0 Å². The minimum atomic E-state index is 0.471. The zero-order valence-corrected chi connectivity index (χ0v) is 12.1. The quantitative estimate of drug-likeness (QED) is 0.812.